The maximum Gasteiger partial charge on any atom is 0.215 e. The second-order valence-corrected chi connectivity index (χ2v) is 7.89. The van der Waals surface area contributed by atoms with Gasteiger partial charge in [-0.2, -0.15) is 0 Å². The topological polar surface area (TPSA) is 132 Å². The molecule has 0 radical (unpaired) electrons. The average molecular weight is 321 g/mol. The van der Waals surface area contributed by atoms with Crippen LogP contribution >= 0.6 is 0 Å². The van der Waals surface area contributed by atoms with Gasteiger partial charge in [-0.05, 0) is 17.5 Å². The van der Waals surface area contributed by atoms with Gasteiger partial charge >= 0.3 is 0 Å². The minimum atomic E-state index is -3.56. The van der Waals surface area contributed by atoms with Crippen molar-refractivity contribution in [2.45, 2.75) is 18.7 Å². The van der Waals surface area contributed by atoms with E-state index in [1.807, 2.05) is 0 Å². The van der Waals surface area contributed by atoms with Gasteiger partial charge in [0.05, 0.1) is 11.5 Å². The molecule has 1 aromatic carbocycles. The van der Waals surface area contributed by atoms with Gasteiger partial charge in [-0.25, -0.2) is 26.7 Å². The summed E-state index contributed by atoms with van der Waals surface area (Å²) in [6, 6.07) is 7.00. The van der Waals surface area contributed by atoms with Gasteiger partial charge in [-0.3, -0.25) is 0 Å². The van der Waals surface area contributed by atoms with Crippen LogP contribution in [0.3, 0.4) is 0 Å². The Bertz CT molecular complexity index is 641. The lowest BCUT2D eigenvalue weighted by Gasteiger charge is -2.09. The van der Waals surface area contributed by atoms with Crippen LogP contribution in [0, 0.1) is 0 Å². The summed E-state index contributed by atoms with van der Waals surface area (Å²) in [5.41, 5.74) is 6.94. The molecule has 0 atom stereocenters. The van der Waals surface area contributed by atoms with Gasteiger partial charge in [0.25, 0.3) is 0 Å². The number of benzene rings is 1. The molecule has 0 amide bonds. The quantitative estimate of drug-likeness (QED) is 0.542. The average Bonchev–Trinajstić information content (AvgIpc) is 2.34. The van der Waals surface area contributed by atoms with Crippen LogP contribution < -0.4 is 15.6 Å². The van der Waals surface area contributed by atoms with Crippen molar-refractivity contribution in [2.75, 3.05) is 12.3 Å². The van der Waals surface area contributed by atoms with E-state index in [2.05, 4.69) is 4.72 Å². The van der Waals surface area contributed by atoms with Crippen LogP contribution in [0.5, 0.6) is 0 Å². The van der Waals surface area contributed by atoms with Crippen molar-refractivity contribution >= 4 is 20.0 Å². The van der Waals surface area contributed by atoms with Crippen LogP contribution in [0.25, 0.3) is 0 Å². The normalized spacial score (nSPS) is 12.5. The second kappa shape index (κ2) is 7.14. The molecule has 20 heavy (non-hydrogen) atoms. The Morgan fingerprint density at radius 1 is 1.05 bits per heavy atom. The van der Waals surface area contributed by atoms with Crippen molar-refractivity contribution in [2.24, 2.45) is 10.9 Å². The second-order valence-electron chi connectivity index (χ2n) is 4.35. The highest BCUT2D eigenvalue weighted by atomic mass is 32.2. The van der Waals surface area contributed by atoms with Gasteiger partial charge in [-0.1, -0.05) is 24.3 Å². The van der Waals surface area contributed by atoms with Gasteiger partial charge < -0.3 is 5.73 Å². The van der Waals surface area contributed by atoms with Crippen molar-refractivity contribution in [1.29, 1.82) is 0 Å². The molecule has 0 aliphatic rings. The third-order valence-electron chi connectivity index (χ3n) is 2.61. The molecule has 0 bridgehead atoms. The highest BCUT2D eigenvalue weighted by molar-refractivity contribution is 7.89. The van der Waals surface area contributed by atoms with Crippen molar-refractivity contribution in [3.63, 3.8) is 0 Å². The first-order valence-corrected chi connectivity index (χ1v) is 9.35. The Labute approximate surface area is 119 Å². The van der Waals surface area contributed by atoms with Crippen LogP contribution in [0.4, 0.5) is 0 Å². The summed E-state index contributed by atoms with van der Waals surface area (Å²) < 4.78 is 47.5. The fraction of sp³-hybridized carbons (Fsp3) is 0.455. The molecular formula is C11H19N3O4S2. The van der Waals surface area contributed by atoms with Crippen LogP contribution in [0.1, 0.15) is 17.5 Å². The molecular weight excluding hydrogens is 302 g/mol. The molecule has 0 saturated heterocycles. The van der Waals surface area contributed by atoms with Crippen molar-refractivity contribution in [1.82, 2.24) is 4.72 Å². The summed E-state index contributed by atoms with van der Waals surface area (Å²) in [6.45, 7) is 0.292. The van der Waals surface area contributed by atoms with Crippen LogP contribution in [0.15, 0.2) is 24.3 Å². The number of rotatable bonds is 8. The van der Waals surface area contributed by atoms with Gasteiger partial charge in [0.2, 0.25) is 20.0 Å². The Hall–Kier alpha value is -1.00. The molecule has 0 heterocycles. The maximum absolute atomic E-state index is 11.9. The highest BCUT2D eigenvalue weighted by Crippen LogP contribution is 2.11. The fourth-order valence-electron chi connectivity index (χ4n) is 1.65. The third kappa shape index (κ3) is 6.44. The molecule has 5 N–H and O–H groups in total. The first kappa shape index (κ1) is 17.1. The van der Waals surface area contributed by atoms with E-state index >= 15 is 0 Å². The first-order chi connectivity index (χ1) is 9.23. The van der Waals surface area contributed by atoms with E-state index in [4.69, 9.17) is 10.9 Å². The largest absolute Gasteiger partial charge is 0.326 e. The maximum atomic E-state index is 11.9. The van der Waals surface area contributed by atoms with Gasteiger partial charge in [-0.15, -0.1) is 0 Å². The lowest BCUT2D eigenvalue weighted by molar-refractivity contribution is 0.575. The standard InChI is InChI=1S/C11H19N3O4S2/c12-8-10-4-1-2-5-11(10)9-20(17,18)14-6-3-7-19(13,15)16/h1-2,4-5,14H,3,6-9,12H2,(H2,13,15,16). The van der Waals surface area contributed by atoms with E-state index in [1.54, 1.807) is 24.3 Å². The molecule has 0 aliphatic heterocycles. The zero-order chi connectivity index (χ0) is 15.2. The zero-order valence-corrected chi connectivity index (χ0v) is 12.6. The van der Waals surface area contributed by atoms with Crippen molar-refractivity contribution < 1.29 is 16.8 Å². The zero-order valence-electron chi connectivity index (χ0n) is 10.9. The van der Waals surface area contributed by atoms with E-state index in [0.29, 0.717) is 5.56 Å². The van der Waals surface area contributed by atoms with Crippen LogP contribution in [-0.2, 0) is 32.3 Å². The third-order valence-corrected chi connectivity index (χ3v) is 4.80. The Balaban J connectivity index is 2.57. The predicted molar refractivity (Wildman–Crippen MR) is 77.6 cm³/mol. The van der Waals surface area contributed by atoms with E-state index in [1.165, 1.54) is 0 Å². The summed E-state index contributed by atoms with van der Waals surface area (Å²) in [4.78, 5) is 0. The summed E-state index contributed by atoms with van der Waals surface area (Å²) >= 11 is 0. The molecule has 7 nitrogen and oxygen atoms in total. The molecule has 0 fully saturated rings. The van der Waals surface area contributed by atoms with Crippen molar-refractivity contribution in [3.8, 4) is 0 Å². The fourth-order valence-corrected chi connectivity index (χ4v) is 3.45. The van der Waals surface area contributed by atoms with Crippen molar-refractivity contribution in [3.05, 3.63) is 35.4 Å². The smallest absolute Gasteiger partial charge is 0.215 e. The lowest BCUT2D eigenvalue weighted by Crippen LogP contribution is -2.28. The number of hydrogen-bond donors (Lipinski definition) is 3. The van der Waals surface area contributed by atoms with E-state index in [-0.39, 0.29) is 31.0 Å². The Kier molecular flexibility index (Phi) is 6.08. The highest BCUT2D eigenvalue weighted by Gasteiger charge is 2.13. The molecule has 0 saturated carbocycles. The minimum Gasteiger partial charge on any atom is -0.326 e. The number of primary sulfonamides is 1. The van der Waals surface area contributed by atoms with Gasteiger partial charge in [0, 0.05) is 13.1 Å². The number of hydrogen-bond acceptors (Lipinski definition) is 5. The SMILES string of the molecule is NCc1ccccc1CS(=O)(=O)NCCCS(N)(=O)=O. The molecule has 0 unspecified atom stereocenters. The predicted octanol–water partition coefficient (Wildman–Crippen LogP) is -0.757. The molecule has 0 aromatic heterocycles. The van der Waals surface area contributed by atoms with E-state index in [9.17, 15) is 16.8 Å². The number of nitrogens with one attached hydrogen (secondary N) is 1. The number of nitrogens with two attached hydrogens (primary N) is 2. The first-order valence-electron chi connectivity index (χ1n) is 5.98. The Morgan fingerprint density at radius 2 is 1.65 bits per heavy atom. The van der Waals surface area contributed by atoms with Gasteiger partial charge in [0.1, 0.15) is 0 Å². The molecule has 0 spiro atoms. The summed E-state index contributed by atoms with van der Waals surface area (Å²) in [7, 11) is -7.09. The van der Waals surface area contributed by atoms with Crippen LogP contribution in [0.2, 0.25) is 0 Å². The molecule has 114 valence electrons. The Morgan fingerprint density at radius 3 is 2.20 bits per heavy atom. The number of sulfonamides is 2. The molecule has 9 heteroatoms. The van der Waals surface area contributed by atoms with E-state index < -0.39 is 20.0 Å². The van der Waals surface area contributed by atoms with Gasteiger partial charge in [0.15, 0.2) is 0 Å². The molecule has 0 aliphatic carbocycles. The lowest BCUT2D eigenvalue weighted by atomic mass is 10.1. The minimum absolute atomic E-state index is 0.0313. The summed E-state index contributed by atoms with van der Waals surface area (Å²) in [5, 5.41) is 4.83. The van der Waals surface area contributed by atoms with Crippen LogP contribution in [-0.4, -0.2) is 29.1 Å². The van der Waals surface area contributed by atoms with E-state index in [0.717, 1.165) is 5.56 Å². The molecule has 1 rings (SSSR count). The molecule has 1 aromatic rings. The monoisotopic (exact) mass is 321 g/mol. The summed E-state index contributed by atoms with van der Waals surface area (Å²) in [6.07, 6.45) is 0.136. The summed E-state index contributed by atoms with van der Waals surface area (Å²) in [5.74, 6) is -0.440.